The van der Waals surface area contributed by atoms with Crippen molar-refractivity contribution in [1.29, 1.82) is 0 Å². The first-order chi connectivity index (χ1) is 14.9. The number of aromatic nitrogens is 4. The molecule has 0 aliphatic heterocycles. The van der Waals surface area contributed by atoms with Gasteiger partial charge in [0.05, 0.1) is 6.42 Å². The Bertz CT molecular complexity index is 1120. The van der Waals surface area contributed by atoms with Crippen LogP contribution in [0, 0.1) is 5.41 Å². The molecule has 0 aliphatic rings. The molecule has 3 rings (SSSR count). The van der Waals surface area contributed by atoms with Crippen LogP contribution in [0.2, 0.25) is 0 Å². The third-order valence-electron chi connectivity index (χ3n) is 4.85. The van der Waals surface area contributed by atoms with Crippen LogP contribution in [-0.2, 0) is 24.1 Å². The van der Waals surface area contributed by atoms with Gasteiger partial charge < -0.3 is 11.5 Å². The molecule has 0 unspecified atom stereocenters. The van der Waals surface area contributed by atoms with Gasteiger partial charge in [-0.3, -0.25) is 9.59 Å². The molecule has 3 aromatic rings. The molecular weight excluding hydrogens is 424 g/mol. The number of nitrogens with zero attached hydrogens (tertiary/aromatic N) is 4. The molecule has 1 amide bonds. The lowest BCUT2D eigenvalue weighted by Gasteiger charge is -2.14. The highest BCUT2D eigenvalue weighted by Gasteiger charge is 2.22. The zero-order valence-corrected chi connectivity index (χ0v) is 20.0. The van der Waals surface area contributed by atoms with Crippen LogP contribution >= 0.6 is 11.3 Å². The van der Waals surface area contributed by atoms with Crippen molar-refractivity contribution in [2.75, 3.05) is 5.73 Å². The summed E-state index contributed by atoms with van der Waals surface area (Å²) in [7, 11) is 0. The minimum Gasteiger partial charge on any atom is -0.383 e. The molecule has 0 radical (unpaired) electrons. The van der Waals surface area contributed by atoms with Gasteiger partial charge in [-0.15, -0.1) is 21.5 Å². The van der Waals surface area contributed by atoms with E-state index in [1.54, 1.807) is 4.68 Å². The fourth-order valence-electron chi connectivity index (χ4n) is 3.41. The van der Waals surface area contributed by atoms with Crippen molar-refractivity contribution >= 4 is 28.8 Å². The summed E-state index contributed by atoms with van der Waals surface area (Å²) in [6.07, 6.45) is 1.40. The normalized spacial score (nSPS) is 11.8. The van der Waals surface area contributed by atoms with Gasteiger partial charge in [0.15, 0.2) is 0 Å². The second-order valence-corrected chi connectivity index (χ2v) is 10.6. The zero-order chi connectivity index (χ0) is 23.6. The van der Waals surface area contributed by atoms with Gasteiger partial charge in [0.2, 0.25) is 0 Å². The van der Waals surface area contributed by atoms with Crippen molar-refractivity contribution in [1.82, 2.24) is 20.0 Å². The number of ketones is 1. The maximum absolute atomic E-state index is 12.5. The van der Waals surface area contributed by atoms with Gasteiger partial charge in [-0.05, 0) is 24.8 Å². The largest absolute Gasteiger partial charge is 0.383 e. The van der Waals surface area contributed by atoms with E-state index in [4.69, 9.17) is 11.5 Å². The first kappa shape index (κ1) is 23.6. The van der Waals surface area contributed by atoms with Crippen LogP contribution in [0.15, 0.2) is 24.3 Å². The summed E-state index contributed by atoms with van der Waals surface area (Å²) in [5.41, 5.74) is 14.0. The Morgan fingerprint density at radius 2 is 1.69 bits per heavy atom. The van der Waals surface area contributed by atoms with Crippen molar-refractivity contribution in [3.63, 3.8) is 0 Å². The quantitative estimate of drug-likeness (QED) is 0.535. The fraction of sp³-hybridized carbons (Fsp3) is 0.435. The van der Waals surface area contributed by atoms with Gasteiger partial charge in [0.1, 0.15) is 32.9 Å². The summed E-state index contributed by atoms with van der Waals surface area (Å²) in [6, 6.07) is 7.35. The van der Waals surface area contributed by atoms with Gasteiger partial charge in [0, 0.05) is 24.4 Å². The van der Waals surface area contributed by atoms with E-state index >= 15 is 0 Å². The molecule has 9 heteroatoms. The van der Waals surface area contributed by atoms with E-state index in [-0.39, 0.29) is 35.0 Å². The average molecular weight is 455 g/mol. The standard InChI is InChI=1S/C23H30N6O2S/c1-13(2)29-21(24)19(22(25)31)20(28-29)15-8-6-14(7-9-15)10-16(30)11-17-26-27-18(32-17)12-23(3,4)5/h6-9,13H,10-12,24H2,1-5H3,(H2,25,31). The highest BCUT2D eigenvalue weighted by Crippen LogP contribution is 2.29. The first-order valence-electron chi connectivity index (χ1n) is 10.5. The Morgan fingerprint density at radius 3 is 2.25 bits per heavy atom. The number of nitrogen functional groups attached to an aromatic ring is 1. The van der Waals surface area contributed by atoms with E-state index in [0.29, 0.717) is 12.1 Å². The van der Waals surface area contributed by atoms with Crippen LogP contribution in [0.5, 0.6) is 0 Å². The number of hydrogen-bond donors (Lipinski definition) is 2. The summed E-state index contributed by atoms with van der Waals surface area (Å²) in [6.45, 7) is 10.3. The molecule has 1 aromatic carbocycles. The Morgan fingerprint density at radius 1 is 1.06 bits per heavy atom. The second kappa shape index (κ2) is 9.20. The summed E-state index contributed by atoms with van der Waals surface area (Å²) in [4.78, 5) is 24.5. The van der Waals surface area contributed by atoms with Gasteiger partial charge in [-0.2, -0.15) is 5.10 Å². The number of primary amides is 1. The zero-order valence-electron chi connectivity index (χ0n) is 19.2. The molecule has 2 aromatic heterocycles. The highest BCUT2D eigenvalue weighted by atomic mass is 32.1. The van der Waals surface area contributed by atoms with E-state index in [2.05, 4.69) is 36.1 Å². The Balaban J connectivity index is 1.71. The van der Waals surface area contributed by atoms with Crippen LogP contribution in [0.4, 0.5) is 5.82 Å². The highest BCUT2D eigenvalue weighted by molar-refractivity contribution is 7.11. The lowest BCUT2D eigenvalue weighted by atomic mass is 9.93. The Labute approximate surface area is 192 Å². The van der Waals surface area contributed by atoms with Crippen molar-refractivity contribution in [3.05, 3.63) is 45.4 Å². The van der Waals surface area contributed by atoms with Gasteiger partial charge in [-0.25, -0.2) is 4.68 Å². The number of rotatable bonds is 8. The molecule has 8 nitrogen and oxygen atoms in total. The molecule has 0 atom stereocenters. The number of hydrogen-bond acceptors (Lipinski definition) is 7. The molecule has 0 saturated carbocycles. The number of Topliss-reactive ketones (excluding diaryl/α,β-unsaturated/α-hetero) is 1. The molecule has 170 valence electrons. The molecular formula is C23H30N6O2S. The van der Waals surface area contributed by atoms with E-state index in [1.807, 2.05) is 38.1 Å². The minimum atomic E-state index is -0.619. The maximum Gasteiger partial charge on any atom is 0.254 e. The predicted molar refractivity (Wildman–Crippen MR) is 126 cm³/mol. The minimum absolute atomic E-state index is 0.0111. The average Bonchev–Trinajstić information content (AvgIpc) is 3.24. The number of anilines is 1. The third kappa shape index (κ3) is 5.59. The SMILES string of the molecule is CC(C)n1nc(-c2ccc(CC(=O)Cc3nnc(CC(C)(C)C)s3)cc2)c(C(N)=O)c1N. The van der Waals surface area contributed by atoms with Crippen molar-refractivity contribution in [2.45, 2.75) is 59.9 Å². The number of carbonyl (C=O) groups excluding carboxylic acids is 2. The number of benzene rings is 1. The molecule has 0 spiro atoms. The first-order valence-corrected chi connectivity index (χ1v) is 11.4. The van der Waals surface area contributed by atoms with Gasteiger partial charge >= 0.3 is 0 Å². The van der Waals surface area contributed by atoms with Crippen LogP contribution in [0.1, 0.15) is 66.6 Å². The molecule has 2 heterocycles. The van der Waals surface area contributed by atoms with Gasteiger partial charge in [0.25, 0.3) is 5.91 Å². The van der Waals surface area contributed by atoms with E-state index in [1.165, 1.54) is 11.3 Å². The predicted octanol–water partition coefficient (Wildman–Crippen LogP) is 3.61. The second-order valence-electron chi connectivity index (χ2n) is 9.43. The molecule has 0 saturated heterocycles. The van der Waals surface area contributed by atoms with Crippen LogP contribution < -0.4 is 11.5 Å². The number of carbonyl (C=O) groups is 2. The summed E-state index contributed by atoms with van der Waals surface area (Å²) < 4.78 is 1.59. The van der Waals surface area contributed by atoms with E-state index in [0.717, 1.165) is 27.6 Å². The number of nitrogens with two attached hydrogens (primary N) is 2. The lowest BCUT2D eigenvalue weighted by molar-refractivity contribution is -0.117. The maximum atomic E-state index is 12.5. The van der Waals surface area contributed by atoms with Crippen molar-refractivity contribution in [2.24, 2.45) is 11.1 Å². The van der Waals surface area contributed by atoms with Crippen molar-refractivity contribution in [3.8, 4) is 11.3 Å². The molecule has 0 aliphatic carbocycles. The topological polar surface area (TPSA) is 130 Å². The van der Waals surface area contributed by atoms with Gasteiger partial charge in [-0.1, -0.05) is 45.0 Å². The Kier molecular flexibility index (Phi) is 6.78. The summed E-state index contributed by atoms with van der Waals surface area (Å²) in [5.74, 6) is -0.293. The fourth-order valence-corrected chi connectivity index (χ4v) is 4.58. The van der Waals surface area contributed by atoms with Crippen LogP contribution in [0.25, 0.3) is 11.3 Å². The lowest BCUT2D eigenvalue weighted by Crippen LogP contribution is -2.15. The van der Waals surface area contributed by atoms with Crippen LogP contribution in [0.3, 0.4) is 0 Å². The molecule has 0 bridgehead atoms. The summed E-state index contributed by atoms with van der Waals surface area (Å²) >= 11 is 1.50. The van der Waals surface area contributed by atoms with E-state index in [9.17, 15) is 9.59 Å². The molecule has 4 N–H and O–H groups in total. The summed E-state index contributed by atoms with van der Waals surface area (Å²) in [5, 5.41) is 14.6. The third-order valence-corrected chi connectivity index (χ3v) is 5.77. The molecule has 32 heavy (non-hydrogen) atoms. The molecule has 0 fully saturated rings. The van der Waals surface area contributed by atoms with E-state index < -0.39 is 5.91 Å². The Hall–Kier alpha value is -3.07. The van der Waals surface area contributed by atoms with Crippen LogP contribution in [-0.4, -0.2) is 31.7 Å². The monoisotopic (exact) mass is 454 g/mol. The smallest absolute Gasteiger partial charge is 0.254 e. The van der Waals surface area contributed by atoms with Crippen molar-refractivity contribution < 1.29 is 9.59 Å². The number of amides is 1.